The fourth-order valence-corrected chi connectivity index (χ4v) is 7.04. The van der Waals surface area contributed by atoms with E-state index in [1.165, 1.54) is 0 Å². The molecule has 3 heterocycles. The van der Waals surface area contributed by atoms with E-state index in [1.54, 1.807) is 27.7 Å². The van der Waals surface area contributed by atoms with Gasteiger partial charge in [0.15, 0.2) is 17.7 Å². The third-order valence-electron chi connectivity index (χ3n) is 9.62. The maximum atomic E-state index is 13.5. The topological polar surface area (TPSA) is 172 Å². The summed E-state index contributed by atoms with van der Waals surface area (Å²) in [6.45, 7) is 14.9. The van der Waals surface area contributed by atoms with Gasteiger partial charge in [-0.3, -0.25) is 19.2 Å². The highest BCUT2D eigenvalue weighted by Crippen LogP contribution is 2.32. The second kappa shape index (κ2) is 20.5. The molecule has 0 aromatic heterocycles. The molecule has 0 spiro atoms. The lowest BCUT2D eigenvalue weighted by Gasteiger charge is -2.37. The fraction of sp³-hybridized carbons (Fsp3) is 0.895. The van der Waals surface area contributed by atoms with Crippen LogP contribution in [0.2, 0.25) is 0 Å². The molecule has 0 amide bonds. The Hall–Kier alpha value is -2.20. The normalized spacial score (nSPS) is 31.8. The predicted octanol–water partition coefficient (Wildman–Crippen LogP) is 4.87. The summed E-state index contributed by atoms with van der Waals surface area (Å²) >= 11 is 0. The lowest BCUT2D eigenvalue weighted by Crippen LogP contribution is -2.45. The van der Waals surface area contributed by atoms with Crippen molar-refractivity contribution in [3.8, 4) is 0 Å². The molecule has 0 aliphatic carbocycles. The minimum Gasteiger partial charge on any atom is -0.461 e. The number of hydrogen-bond acceptors (Lipinski definition) is 14. The number of aliphatic hydroxyl groups is 1. The summed E-state index contributed by atoms with van der Waals surface area (Å²) in [4.78, 5) is 53.4. The fourth-order valence-electron chi connectivity index (χ4n) is 7.04. The molecule has 3 aliphatic rings. The Kier molecular flexibility index (Phi) is 17.4. The summed E-state index contributed by atoms with van der Waals surface area (Å²) in [5.41, 5.74) is -0.708. The minimum absolute atomic E-state index is 0.00254. The zero-order chi connectivity index (χ0) is 38.5. The van der Waals surface area contributed by atoms with Crippen LogP contribution < -0.4 is 0 Å². The van der Waals surface area contributed by atoms with Crippen molar-refractivity contribution < 1.29 is 66.9 Å². The maximum absolute atomic E-state index is 13.5. The molecule has 0 aromatic carbocycles. The SMILES string of the molecule is CC(CCO)OC(C)CC(=O)O[C@@H](COC(=O)CC1(C)CCCC(C)O1)[C@@H](CCC(=O)CC1(C)OCCC(C)O1)OC(=O)CC1(C)OCCC(C)O1. The zero-order valence-corrected chi connectivity index (χ0v) is 32.6. The number of ether oxygens (including phenoxy) is 9. The number of aliphatic hydroxyl groups excluding tert-OH is 1. The maximum Gasteiger partial charge on any atom is 0.311 e. The summed E-state index contributed by atoms with van der Waals surface area (Å²) < 4.78 is 52.8. The lowest BCUT2D eigenvalue weighted by atomic mass is 9.90. The van der Waals surface area contributed by atoms with Gasteiger partial charge in [0.25, 0.3) is 0 Å². The highest BCUT2D eigenvalue weighted by atomic mass is 16.7. The smallest absolute Gasteiger partial charge is 0.311 e. The average Bonchev–Trinajstić information content (AvgIpc) is 3.00. The first-order chi connectivity index (χ1) is 24.4. The first-order valence-corrected chi connectivity index (χ1v) is 19.0. The quantitative estimate of drug-likeness (QED) is 0.132. The number of carbonyl (C=O) groups excluding carboxylic acids is 4. The Morgan fingerprint density at radius 2 is 1.33 bits per heavy atom. The summed E-state index contributed by atoms with van der Waals surface area (Å²) in [5, 5.41) is 9.24. The Morgan fingerprint density at radius 1 is 0.731 bits per heavy atom. The molecule has 0 aromatic rings. The van der Waals surface area contributed by atoms with E-state index < -0.39 is 60.0 Å². The second-order valence-electron chi connectivity index (χ2n) is 15.5. The molecule has 14 nitrogen and oxygen atoms in total. The molecule has 0 saturated carbocycles. The van der Waals surface area contributed by atoms with Gasteiger partial charge in [-0.2, -0.15) is 0 Å². The van der Waals surface area contributed by atoms with Gasteiger partial charge < -0.3 is 47.7 Å². The third-order valence-corrected chi connectivity index (χ3v) is 9.62. The van der Waals surface area contributed by atoms with Crippen LogP contribution in [0.25, 0.3) is 0 Å². The van der Waals surface area contributed by atoms with Crippen LogP contribution in [0.3, 0.4) is 0 Å². The number of Topliss-reactive ketones (excluding diaryl/α,β-unsaturated/α-hetero) is 1. The van der Waals surface area contributed by atoms with Gasteiger partial charge in [0, 0.05) is 13.0 Å². The van der Waals surface area contributed by atoms with Crippen molar-refractivity contribution in [2.24, 2.45) is 0 Å². The van der Waals surface area contributed by atoms with Crippen LogP contribution in [0.1, 0.15) is 132 Å². The first-order valence-electron chi connectivity index (χ1n) is 19.0. The van der Waals surface area contributed by atoms with Crippen molar-refractivity contribution in [1.82, 2.24) is 0 Å². The van der Waals surface area contributed by atoms with E-state index in [0.29, 0.717) is 38.9 Å². The van der Waals surface area contributed by atoms with E-state index >= 15 is 0 Å². The van der Waals surface area contributed by atoms with E-state index in [9.17, 15) is 24.3 Å². The van der Waals surface area contributed by atoms with Gasteiger partial charge in [0.05, 0.1) is 75.0 Å². The van der Waals surface area contributed by atoms with E-state index in [2.05, 4.69) is 0 Å². The predicted molar refractivity (Wildman–Crippen MR) is 187 cm³/mol. The van der Waals surface area contributed by atoms with E-state index in [4.69, 9.17) is 42.6 Å². The molecular formula is C38H64O14. The summed E-state index contributed by atoms with van der Waals surface area (Å²) in [7, 11) is 0. The van der Waals surface area contributed by atoms with Crippen molar-refractivity contribution in [3.63, 3.8) is 0 Å². The molecule has 300 valence electrons. The molecule has 1 N–H and O–H groups in total. The molecule has 0 bridgehead atoms. The Morgan fingerprint density at radius 3 is 1.92 bits per heavy atom. The molecule has 3 saturated heterocycles. The standard InChI is InChI=1S/C38H64O14/c1-25(13-17-39)47-29(5)20-33(41)49-32(24-44-34(42)22-36(6)16-9-10-26(2)50-36)31(48-35(43)23-38(8)46-19-15-28(4)52-38)12-11-30(40)21-37(7)45-18-14-27(3)51-37/h25-29,31-32,39H,9-24H2,1-8H3/t25?,26?,27?,28?,29?,31-,32+,36?,37?,38?/m1/s1. The van der Waals surface area contributed by atoms with Crippen molar-refractivity contribution >= 4 is 23.7 Å². The van der Waals surface area contributed by atoms with Gasteiger partial charge in [-0.1, -0.05) is 0 Å². The molecule has 0 radical (unpaired) electrons. The molecule has 14 heteroatoms. The molecule has 3 rings (SSSR count). The second-order valence-corrected chi connectivity index (χ2v) is 15.5. The van der Waals surface area contributed by atoms with Crippen LogP contribution in [0.15, 0.2) is 0 Å². The van der Waals surface area contributed by atoms with Crippen molar-refractivity contribution in [3.05, 3.63) is 0 Å². The van der Waals surface area contributed by atoms with Crippen molar-refractivity contribution in [1.29, 1.82) is 0 Å². The van der Waals surface area contributed by atoms with Crippen LogP contribution in [-0.4, -0.2) is 115 Å². The van der Waals surface area contributed by atoms with E-state index in [1.807, 2.05) is 27.7 Å². The lowest BCUT2D eigenvalue weighted by molar-refractivity contribution is -0.283. The zero-order valence-electron chi connectivity index (χ0n) is 32.6. The Bertz CT molecular complexity index is 1160. The van der Waals surface area contributed by atoms with Gasteiger partial charge in [-0.25, -0.2) is 0 Å². The molecule has 52 heavy (non-hydrogen) atoms. The average molecular weight is 745 g/mol. The van der Waals surface area contributed by atoms with Crippen LogP contribution in [0, 0.1) is 0 Å². The Labute approximate surface area is 309 Å². The molecule has 3 aliphatic heterocycles. The van der Waals surface area contributed by atoms with E-state index in [-0.39, 0.29) is 75.3 Å². The summed E-state index contributed by atoms with van der Waals surface area (Å²) in [6.07, 6.45) is 0.190. The minimum atomic E-state index is -1.26. The van der Waals surface area contributed by atoms with Gasteiger partial charge in [0.1, 0.15) is 18.5 Å². The first kappa shape index (κ1) is 44.2. The van der Waals surface area contributed by atoms with Crippen LogP contribution in [0.4, 0.5) is 0 Å². The van der Waals surface area contributed by atoms with Crippen LogP contribution in [-0.2, 0) is 61.8 Å². The number of hydrogen-bond donors (Lipinski definition) is 1. The van der Waals surface area contributed by atoms with Crippen LogP contribution >= 0.6 is 0 Å². The third kappa shape index (κ3) is 15.6. The highest BCUT2D eigenvalue weighted by molar-refractivity contribution is 5.79. The number of carbonyl (C=O) groups is 4. The van der Waals surface area contributed by atoms with Gasteiger partial charge in [-0.15, -0.1) is 0 Å². The highest BCUT2D eigenvalue weighted by Gasteiger charge is 2.40. The van der Waals surface area contributed by atoms with Crippen molar-refractivity contribution in [2.45, 2.75) is 192 Å². The molecule has 3 fully saturated rings. The van der Waals surface area contributed by atoms with Crippen LogP contribution in [0.5, 0.6) is 0 Å². The summed E-state index contributed by atoms with van der Waals surface area (Å²) in [6, 6.07) is 0. The molecule has 8 unspecified atom stereocenters. The van der Waals surface area contributed by atoms with Gasteiger partial charge in [0.2, 0.25) is 0 Å². The largest absolute Gasteiger partial charge is 0.461 e. The summed E-state index contributed by atoms with van der Waals surface area (Å²) in [5.74, 6) is -4.49. The molecule has 10 atom stereocenters. The number of ketones is 1. The van der Waals surface area contributed by atoms with E-state index in [0.717, 1.165) is 12.8 Å². The van der Waals surface area contributed by atoms with Gasteiger partial charge in [-0.05, 0) is 100 Å². The van der Waals surface area contributed by atoms with Crippen molar-refractivity contribution in [2.75, 3.05) is 26.4 Å². The monoisotopic (exact) mass is 744 g/mol. The molecular weight excluding hydrogens is 680 g/mol. The number of esters is 3. The number of rotatable bonds is 20. The Balaban J connectivity index is 1.80. The van der Waals surface area contributed by atoms with Gasteiger partial charge >= 0.3 is 17.9 Å².